The first-order valence-electron chi connectivity index (χ1n) is 6.69. The van der Waals surface area contributed by atoms with E-state index in [4.69, 9.17) is 0 Å². The van der Waals surface area contributed by atoms with Crippen LogP contribution in [0, 0.1) is 5.82 Å². The second kappa shape index (κ2) is 6.95. The van der Waals surface area contributed by atoms with E-state index in [-0.39, 0.29) is 11.9 Å². The van der Waals surface area contributed by atoms with Crippen molar-refractivity contribution in [3.05, 3.63) is 63.6 Å². The van der Waals surface area contributed by atoms with Crippen LogP contribution in [0.1, 0.15) is 29.7 Å². The minimum Gasteiger partial charge on any atom is -0.313 e. The first-order chi connectivity index (χ1) is 9.65. The predicted octanol–water partition coefficient (Wildman–Crippen LogP) is 4.05. The van der Waals surface area contributed by atoms with Gasteiger partial charge in [-0.1, -0.05) is 22.9 Å². The normalized spacial score (nSPS) is 12.4. The van der Waals surface area contributed by atoms with E-state index in [2.05, 4.69) is 33.2 Å². The Kier molecular flexibility index (Phi) is 5.26. The lowest BCUT2D eigenvalue weighted by atomic mass is 9.95. The van der Waals surface area contributed by atoms with E-state index in [9.17, 15) is 4.39 Å². The molecule has 0 aliphatic heterocycles. The molecule has 0 amide bonds. The van der Waals surface area contributed by atoms with Gasteiger partial charge in [0.25, 0.3) is 0 Å². The highest BCUT2D eigenvalue weighted by molar-refractivity contribution is 9.10. The van der Waals surface area contributed by atoms with Crippen molar-refractivity contribution in [1.82, 2.24) is 10.3 Å². The summed E-state index contributed by atoms with van der Waals surface area (Å²) in [5, 5.41) is 3.32. The molecule has 1 aromatic heterocycles. The Balaban J connectivity index is 2.31. The summed E-state index contributed by atoms with van der Waals surface area (Å²) in [6.07, 6.45) is 5.37. The van der Waals surface area contributed by atoms with Crippen LogP contribution in [0.25, 0.3) is 0 Å². The molecule has 2 rings (SSSR count). The van der Waals surface area contributed by atoms with E-state index < -0.39 is 0 Å². The highest BCUT2D eigenvalue weighted by Gasteiger charge is 2.15. The Morgan fingerprint density at radius 2 is 2.10 bits per heavy atom. The SMILES string of the molecule is CCc1cnccc1C(Cc1cc(F)ccc1Br)NC. The first kappa shape index (κ1) is 15.1. The zero-order valence-electron chi connectivity index (χ0n) is 11.7. The van der Waals surface area contributed by atoms with Gasteiger partial charge in [0, 0.05) is 22.9 Å². The molecule has 2 nitrogen and oxygen atoms in total. The van der Waals surface area contributed by atoms with Crippen LogP contribution in [0.5, 0.6) is 0 Å². The van der Waals surface area contributed by atoms with Crippen molar-refractivity contribution in [3.63, 3.8) is 0 Å². The number of likely N-dealkylation sites (N-methyl/N-ethyl adjacent to an activating group) is 1. The number of rotatable bonds is 5. The highest BCUT2D eigenvalue weighted by atomic mass is 79.9. The van der Waals surface area contributed by atoms with Gasteiger partial charge in [-0.05, 0) is 60.8 Å². The van der Waals surface area contributed by atoms with Gasteiger partial charge >= 0.3 is 0 Å². The Labute approximate surface area is 127 Å². The van der Waals surface area contributed by atoms with Gasteiger partial charge in [-0.25, -0.2) is 4.39 Å². The average Bonchev–Trinajstić information content (AvgIpc) is 2.48. The van der Waals surface area contributed by atoms with Gasteiger partial charge in [0.2, 0.25) is 0 Å². The number of hydrogen-bond acceptors (Lipinski definition) is 2. The lowest BCUT2D eigenvalue weighted by Crippen LogP contribution is -2.20. The van der Waals surface area contributed by atoms with Crippen molar-refractivity contribution in [3.8, 4) is 0 Å². The first-order valence-corrected chi connectivity index (χ1v) is 7.49. The molecule has 0 saturated carbocycles. The van der Waals surface area contributed by atoms with Gasteiger partial charge in [-0.3, -0.25) is 4.98 Å². The number of benzene rings is 1. The third kappa shape index (κ3) is 3.44. The fourth-order valence-electron chi connectivity index (χ4n) is 2.36. The number of aryl methyl sites for hydroxylation is 1. The van der Waals surface area contributed by atoms with Crippen LogP contribution in [0.2, 0.25) is 0 Å². The van der Waals surface area contributed by atoms with Crippen LogP contribution in [0.4, 0.5) is 4.39 Å². The number of nitrogens with one attached hydrogen (secondary N) is 1. The van der Waals surface area contributed by atoms with E-state index in [0.29, 0.717) is 0 Å². The second-order valence-corrected chi connectivity index (χ2v) is 5.56. The Morgan fingerprint density at radius 1 is 1.30 bits per heavy atom. The van der Waals surface area contributed by atoms with Crippen LogP contribution < -0.4 is 5.32 Å². The molecule has 1 unspecified atom stereocenters. The van der Waals surface area contributed by atoms with Gasteiger partial charge in [-0.15, -0.1) is 0 Å². The van der Waals surface area contributed by atoms with Gasteiger partial charge in [0.1, 0.15) is 5.82 Å². The molecule has 1 heterocycles. The van der Waals surface area contributed by atoms with Crippen LogP contribution in [0.15, 0.2) is 41.1 Å². The maximum Gasteiger partial charge on any atom is 0.123 e. The molecule has 0 aliphatic carbocycles. The van der Waals surface area contributed by atoms with Crippen molar-refractivity contribution in [2.45, 2.75) is 25.8 Å². The van der Waals surface area contributed by atoms with Crippen molar-refractivity contribution in [2.24, 2.45) is 0 Å². The average molecular weight is 337 g/mol. The topological polar surface area (TPSA) is 24.9 Å². The van der Waals surface area contributed by atoms with Crippen LogP contribution in [-0.2, 0) is 12.8 Å². The Bertz CT molecular complexity index is 586. The van der Waals surface area contributed by atoms with Gasteiger partial charge in [0.05, 0.1) is 0 Å². The molecule has 4 heteroatoms. The highest BCUT2D eigenvalue weighted by Crippen LogP contribution is 2.26. The van der Waals surface area contributed by atoms with Crippen molar-refractivity contribution >= 4 is 15.9 Å². The smallest absolute Gasteiger partial charge is 0.123 e. The zero-order valence-corrected chi connectivity index (χ0v) is 13.2. The molecule has 0 spiro atoms. The van der Waals surface area contributed by atoms with Crippen LogP contribution in [-0.4, -0.2) is 12.0 Å². The summed E-state index contributed by atoms with van der Waals surface area (Å²) in [5.41, 5.74) is 3.41. The van der Waals surface area contributed by atoms with Crippen molar-refractivity contribution < 1.29 is 4.39 Å². The summed E-state index contributed by atoms with van der Waals surface area (Å²) in [6.45, 7) is 2.12. The van der Waals surface area contributed by atoms with E-state index in [1.54, 1.807) is 18.3 Å². The molecule has 2 aromatic rings. The maximum atomic E-state index is 13.4. The number of nitrogens with zero attached hydrogens (tertiary/aromatic N) is 1. The molecule has 1 N–H and O–H groups in total. The van der Waals surface area contributed by atoms with Crippen LogP contribution in [0.3, 0.4) is 0 Å². The fraction of sp³-hybridized carbons (Fsp3) is 0.312. The molecular weight excluding hydrogens is 319 g/mol. The third-order valence-electron chi connectivity index (χ3n) is 3.48. The Hall–Kier alpha value is -1.26. The fourth-order valence-corrected chi connectivity index (χ4v) is 2.77. The van der Waals surface area contributed by atoms with Gasteiger partial charge in [-0.2, -0.15) is 0 Å². The number of hydrogen-bond donors (Lipinski definition) is 1. The van der Waals surface area contributed by atoms with Crippen molar-refractivity contribution in [2.75, 3.05) is 7.05 Å². The number of halogens is 2. The van der Waals surface area contributed by atoms with Crippen LogP contribution >= 0.6 is 15.9 Å². The summed E-state index contributed by atoms with van der Waals surface area (Å²) in [7, 11) is 1.93. The standard InChI is InChI=1S/C16H18BrFN2/c1-3-11-10-20-7-6-14(11)16(19-2)9-12-8-13(18)4-5-15(12)17/h4-8,10,16,19H,3,9H2,1-2H3. The lowest BCUT2D eigenvalue weighted by Gasteiger charge is -2.20. The molecule has 20 heavy (non-hydrogen) atoms. The minimum atomic E-state index is -0.205. The van der Waals surface area contributed by atoms with E-state index in [0.717, 1.165) is 22.9 Å². The molecule has 106 valence electrons. The van der Waals surface area contributed by atoms with E-state index in [1.807, 2.05) is 19.3 Å². The zero-order chi connectivity index (χ0) is 14.5. The summed E-state index contributed by atoms with van der Waals surface area (Å²) in [4.78, 5) is 4.17. The molecule has 1 atom stereocenters. The summed E-state index contributed by atoms with van der Waals surface area (Å²) < 4.78 is 14.3. The molecule has 0 aliphatic rings. The molecular formula is C16H18BrFN2. The molecule has 0 radical (unpaired) electrons. The van der Waals surface area contributed by atoms with Gasteiger partial charge < -0.3 is 5.32 Å². The molecule has 0 fully saturated rings. The summed E-state index contributed by atoms with van der Waals surface area (Å²) >= 11 is 3.49. The van der Waals surface area contributed by atoms with Gasteiger partial charge in [0.15, 0.2) is 0 Å². The van der Waals surface area contributed by atoms with E-state index >= 15 is 0 Å². The summed E-state index contributed by atoms with van der Waals surface area (Å²) in [5.74, 6) is -0.205. The maximum absolute atomic E-state index is 13.4. The number of pyridine rings is 1. The Morgan fingerprint density at radius 3 is 2.80 bits per heavy atom. The predicted molar refractivity (Wildman–Crippen MR) is 83.2 cm³/mol. The number of aromatic nitrogens is 1. The molecule has 0 bridgehead atoms. The van der Waals surface area contributed by atoms with E-state index in [1.165, 1.54) is 17.2 Å². The minimum absolute atomic E-state index is 0.144. The monoisotopic (exact) mass is 336 g/mol. The van der Waals surface area contributed by atoms with Crippen molar-refractivity contribution in [1.29, 1.82) is 0 Å². The second-order valence-electron chi connectivity index (χ2n) is 4.71. The lowest BCUT2D eigenvalue weighted by molar-refractivity contribution is 0.578. The largest absolute Gasteiger partial charge is 0.313 e. The third-order valence-corrected chi connectivity index (χ3v) is 4.25. The molecule has 1 aromatic carbocycles. The summed E-state index contributed by atoms with van der Waals surface area (Å²) in [6, 6.07) is 6.98. The molecule has 0 saturated heterocycles. The quantitative estimate of drug-likeness (QED) is 0.890.